The molecule has 4 rings (SSSR count). The summed E-state index contributed by atoms with van der Waals surface area (Å²) in [5.74, 6) is 1.25. The van der Waals surface area contributed by atoms with Gasteiger partial charge in [0.1, 0.15) is 24.7 Å². The van der Waals surface area contributed by atoms with Crippen molar-refractivity contribution in [3.05, 3.63) is 82.8 Å². The smallest absolute Gasteiger partial charge is 0.231 e. The second-order valence-corrected chi connectivity index (χ2v) is 7.16. The van der Waals surface area contributed by atoms with Crippen molar-refractivity contribution in [1.29, 1.82) is 0 Å². The number of anilines is 1. The normalized spacial score (nSPS) is 15.5. The molecule has 28 heavy (non-hydrogen) atoms. The van der Waals surface area contributed by atoms with Gasteiger partial charge in [-0.25, -0.2) is 0 Å². The van der Waals surface area contributed by atoms with Crippen LogP contribution in [0.25, 0.3) is 0 Å². The summed E-state index contributed by atoms with van der Waals surface area (Å²) in [7, 11) is 0. The second-order valence-electron chi connectivity index (χ2n) is 6.73. The molecular weight excluding hydrogens is 378 g/mol. The number of carbonyl (C=O) groups excluding carboxylic acids is 1. The minimum absolute atomic E-state index is 0.0701. The maximum atomic E-state index is 12.7. The van der Waals surface area contributed by atoms with E-state index in [9.17, 15) is 4.79 Å². The van der Waals surface area contributed by atoms with E-state index >= 15 is 0 Å². The first-order valence-electron chi connectivity index (χ1n) is 9.08. The molecule has 1 amide bonds. The zero-order valence-electron chi connectivity index (χ0n) is 15.2. The Morgan fingerprint density at radius 2 is 2.07 bits per heavy atom. The molecule has 0 saturated carbocycles. The number of carbonyl (C=O) groups is 1. The Hall–Kier alpha value is -2.76. The van der Waals surface area contributed by atoms with E-state index in [1.54, 1.807) is 12.3 Å². The number of halogens is 1. The van der Waals surface area contributed by atoms with Crippen LogP contribution in [0.5, 0.6) is 5.75 Å². The molecule has 2 heterocycles. The summed E-state index contributed by atoms with van der Waals surface area (Å²) >= 11 is 6.05. The van der Waals surface area contributed by atoms with Crippen molar-refractivity contribution in [2.45, 2.75) is 19.6 Å². The summed E-state index contributed by atoms with van der Waals surface area (Å²) in [4.78, 5) is 12.7. The van der Waals surface area contributed by atoms with E-state index in [1.807, 2.05) is 48.5 Å². The molecule has 0 radical (unpaired) electrons. The number of benzene rings is 2. The molecule has 6 heteroatoms. The molecule has 1 unspecified atom stereocenters. The van der Waals surface area contributed by atoms with Crippen LogP contribution in [0.2, 0.25) is 5.02 Å². The average Bonchev–Trinajstić information content (AvgIpc) is 3.21. The van der Waals surface area contributed by atoms with Crippen LogP contribution in [0.3, 0.4) is 0 Å². The van der Waals surface area contributed by atoms with Crippen molar-refractivity contribution in [2.75, 3.05) is 11.9 Å². The van der Waals surface area contributed by atoms with E-state index in [0.29, 0.717) is 31.3 Å². The van der Waals surface area contributed by atoms with Crippen molar-refractivity contribution in [3.8, 4) is 5.75 Å². The molecule has 1 atom stereocenters. The first-order valence-corrected chi connectivity index (χ1v) is 9.46. The minimum Gasteiger partial charge on any atom is -0.492 e. The Labute approximate surface area is 168 Å². The summed E-state index contributed by atoms with van der Waals surface area (Å²) in [5, 5.41) is 3.62. The van der Waals surface area contributed by atoms with Crippen molar-refractivity contribution in [3.63, 3.8) is 0 Å². The van der Waals surface area contributed by atoms with Crippen LogP contribution in [0.1, 0.15) is 16.9 Å². The number of amides is 1. The van der Waals surface area contributed by atoms with Gasteiger partial charge in [0.15, 0.2) is 0 Å². The van der Waals surface area contributed by atoms with Gasteiger partial charge in [-0.05, 0) is 60.0 Å². The van der Waals surface area contributed by atoms with Gasteiger partial charge in [0.25, 0.3) is 0 Å². The second kappa shape index (κ2) is 8.50. The largest absolute Gasteiger partial charge is 0.492 e. The Balaban J connectivity index is 1.34. The number of rotatable bonds is 6. The lowest BCUT2D eigenvalue weighted by molar-refractivity contribution is -0.121. The van der Waals surface area contributed by atoms with E-state index in [-0.39, 0.29) is 11.8 Å². The molecule has 0 bridgehead atoms. The van der Waals surface area contributed by atoms with Crippen molar-refractivity contribution in [2.24, 2.45) is 5.92 Å². The van der Waals surface area contributed by atoms with Gasteiger partial charge in [-0.3, -0.25) is 4.79 Å². The molecule has 1 aromatic heterocycles. The quantitative estimate of drug-likeness (QED) is 0.646. The molecule has 0 aliphatic carbocycles. The molecular formula is C22H20ClNO4. The Morgan fingerprint density at radius 3 is 2.93 bits per heavy atom. The summed E-state index contributed by atoms with van der Waals surface area (Å²) in [5.41, 5.74) is 2.67. The van der Waals surface area contributed by atoms with Crippen LogP contribution in [0.4, 0.5) is 5.69 Å². The van der Waals surface area contributed by atoms with E-state index < -0.39 is 0 Å². The highest BCUT2D eigenvalue weighted by atomic mass is 35.5. The predicted molar refractivity (Wildman–Crippen MR) is 106 cm³/mol. The molecule has 144 valence electrons. The fraction of sp³-hybridized carbons (Fsp3) is 0.227. The molecule has 0 spiro atoms. The van der Waals surface area contributed by atoms with Crippen LogP contribution in [0.15, 0.2) is 65.3 Å². The van der Waals surface area contributed by atoms with E-state index in [2.05, 4.69) is 5.32 Å². The standard InChI is InChI=1S/C22H20ClNO4/c23-18-6-7-21-16(11-18)10-17(13-28-21)22(25)24-19-4-1-3-15(9-19)12-26-14-20-5-2-8-27-20/h1-9,11,17H,10,12-14H2,(H,24,25). The molecule has 0 fully saturated rings. The van der Waals surface area contributed by atoms with Crippen LogP contribution >= 0.6 is 11.6 Å². The SMILES string of the molecule is O=C(Nc1cccc(COCc2ccco2)c1)C1COc2ccc(Cl)cc2C1. The number of hydrogen-bond donors (Lipinski definition) is 1. The third-order valence-corrected chi connectivity index (χ3v) is 4.82. The highest BCUT2D eigenvalue weighted by Crippen LogP contribution is 2.30. The zero-order valence-corrected chi connectivity index (χ0v) is 15.9. The predicted octanol–water partition coefficient (Wildman–Crippen LogP) is 4.84. The highest BCUT2D eigenvalue weighted by molar-refractivity contribution is 6.30. The Bertz CT molecular complexity index is 955. The molecule has 1 N–H and O–H groups in total. The number of ether oxygens (including phenoxy) is 2. The minimum atomic E-state index is -0.259. The van der Waals surface area contributed by atoms with Gasteiger partial charge in [-0.1, -0.05) is 23.7 Å². The fourth-order valence-electron chi connectivity index (χ4n) is 3.18. The molecule has 5 nitrogen and oxygen atoms in total. The third kappa shape index (κ3) is 4.55. The van der Waals surface area contributed by atoms with E-state index in [0.717, 1.165) is 28.3 Å². The molecule has 0 saturated heterocycles. The monoisotopic (exact) mass is 397 g/mol. The first-order chi connectivity index (χ1) is 13.7. The van der Waals surface area contributed by atoms with Crippen molar-refractivity contribution < 1.29 is 18.7 Å². The average molecular weight is 398 g/mol. The lowest BCUT2D eigenvalue weighted by Gasteiger charge is -2.24. The van der Waals surface area contributed by atoms with E-state index in [1.165, 1.54) is 0 Å². The highest BCUT2D eigenvalue weighted by Gasteiger charge is 2.26. The number of fused-ring (bicyclic) bond motifs is 1. The summed E-state index contributed by atoms with van der Waals surface area (Å²) < 4.78 is 16.6. The van der Waals surface area contributed by atoms with Gasteiger partial charge in [-0.2, -0.15) is 0 Å². The van der Waals surface area contributed by atoms with Crippen molar-refractivity contribution >= 4 is 23.2 Å². The first kappa shape index (κ1) is 18.6. The van der Waals surface area contributed by atoms with Crippen molar-refractivity contribution in [1.82, 2.24) is 0 Å². The molecule has 1 aliphatic rings. The number of furan rings is 1. The Kier molecular flexibility index (Phi) is 5.65. The molecule has 2 aromatic carbocycles. The van der Waals surface area contributed by atoms with Crippen LogP contribution in [-0.4, -0.2) is 12.5 Å². The summed E-state index contributed by atoms with van der Waals surface area (Å²) in [6, 6.07) is 16.8. The van der Waals surface area contributed by atoms with Gasteiger partial charge in [0, 0.05) is 10.7 Å². The summed E-state index contributed by atoms with van der Waals surface area (Å²) in [6.07, 6.45) is 2.23. The third-order valence-electron chi connectivity index (χ3n) is 4.59. The maximum Gasteiger partial charge on any atom is 0.231 e. The Morgan fingerprint density at radius 1 is 1.14 bits per heavy atom. The van der Waals surface area contributed by atoms with Gasteiger partial charge in [0.2, 0.25) is 5.91 Å². The lowest BCUT2D eigenvalue weighted by atomic mass is 9.96. The van der Waals surface area contributed by atoms with Gasteiger partial charge >= 0.3 is 0 Å². The van der Waals surface area contributed by atoms with Gasteiger partial charge in [-0.15, -0.1) is 0 Å². The maximum absolute atomic E-state index is 12.7. The zero-order chi connectivity index (χ0) is 19.3. The van der Waals surface area contributed by atoms with Gasteiger partial charge in [0.05, 0.1) is 18.8 Å². The summed E-state index contributed by atoms with van der Waals surface area (Å²) in [6.45, 7) is 1.19. The van der Waals surface area contributed by atoms with Gasteiger partial charge < -0.3 is 19.2 Å². The topological polar surface area (TPSA) is 60.7 Å². The van der Waals surface area contributed by atoms with E-state index in [4.69, 9.17) is 25.5 Å². The number of nitrogens with one attached hydrogen (secondary N) is 1. The number of hydrogen-bond acceptors (Lipinski definition) is 4. The molecule has 1 aliphatic heterocycles. The van der Waals surface area contributed by atoms with Crippen LogP contribution in [-0.2, 0) is 29.2 Å². The molecule has 3 aromatic rings. The van der Waals surface area contributed by atoms with Crippen LogP contribution < -0.4 is 10.1 Å². The van der Waals surface area contributed by atoms with Crippen LogP contribution in [0, 0.1) is 5.92 Å². The lowest BCUT2D eigenvalue weighted by Crippen LogP contribution is -2.32. The fourth-order valence-corrected chi connectivity index (χ4v) is 3.37.